The highest BCUT2D eigenvalue weighted by Crippen LogP contribution is 2.42. The van der Waals surface area contributed by atoms with Crippen molar-refractivity contribution in [1.82, 2.24) is 4.57 Å². The molecule has 10 aromatic rings. The highest BCUT2D eigenvalue weighted by atomic mass is 28.3. The van der Waals surface area contributed by atoms with E-state index in [1.165, 1.54) is 110 Å². The third-order valence-corrected chi connectivity index (χ3v) is 18.4. The van der Waals surface area contributed by atoms with Crippen molar-refractivity contribution in [1.29, 1.82) is 0 Å². The number of anilines is 3. The van der Waals surface area contributed by atoms with Crippen molar-refractivity contribution in [3.05, 3.63) is 223 Å². The standard InChI is InChI=1S/C57H43BN2Si/c1-38-34-39(2)56(40(3)35-38)58-48-25-14-16-28-51(48)60-53-37-42(41-30-32-47-46-24-13-15-27-50(46)59(52(47)36-41)43-18-7-4-8-19-43)31-33-54(53)61(44-20-9-5-10-21-44,45-22-11-6-12-23-45)55-29-17-26-49(58)57(55)60/h4-37H,1-3H3. The van der Waals surface area contributed by atoms with E-state index < -0.39 is 8.07 Å². The number of aryl methyl sites for hydroxylation is 3. The molecule has 3 heterocycles. The Balaban J connectivity index is 1.18. The lowest BCUT2D eigenvalue weighted by atomic mass is 9.34. The number of benzene rings is 9. The summed E-state index contributed by atoms with van der Waals surface area (Å²) in [6.45, 7) is 6.93. The van der Waals surface area contributed by atoms with Gasteiger partial charge in [0, 0.05) is 33.5 Å². The smallest absolute Gasteiger partial charge is 0.247 e. The molecule has 0 bridgehead atoms. The molecule has 2 aliphatic heterocycles. The van der Waals surface area contributed by atoms with Gasteiger partial charge in [-0.1, -0.05) is 192 Å². The molecule has 2 aliphatic rings. The van der Waals surface area contributed by atoms with E-state index in [4.69, 9.17) is 0 Å². The highest BCUT2D eigenvalue weighted by molar-refractivity contribution is 7.22. The van der Waals surface area contributed by atoms with Crippen molar-refractivity contribution in [3.63, 3.8) is 0 Å². The first-order valence-corrected chi connectivity index (χ1v) is 23.5. The maximum Gasteiger partial charge on any atom is 0.247 e. The zero-order valence-electron chi connectivity index (χ0n) is 34.6. The van der Waals surface area contributed by atoms with E-state index >= 15 is 0 Å². The Bertz CT molecular complexity index is 3290. The van der Waals surface area contributed by atoms with E-state index in [0.29, 0.717) is 0 Å². The molecule has 61 heavy (non-hydrogen) atoms. The van der Waals surface area contributed by atoms with Crippen LogP contribution in [0.1, 0.15) is 16.7 Å². The van der Waals surface area contributed by atoms with Crippen molar-refractivity contribution in [2.24, 2.45) is 0 Å². The molecule has 0 saturated carbocycles. The predicted molar refractivity (Wildman–Crippen MR) is 263 cm³/mol. The molecule has 0 aliphatic carbocycles. The van der Waals surface area contributed by atoms with Crippen molar-refractivity contribution < 1.29 is 0 Å². The number of hydrogen-bond acceptors (Lipinski definition) is 1. The monoisotopic (exact) mass is 794 g/mol. The van der Waals surface area contributed by atoms with Crippen LogP contribution < -0.4 is 42.0 Å². The van der Waals surface area contributed by atoms with Crippen molar-refractivity contribution >= 4 is 90.8 Å². The molecule has 4 heteroatoms. The summed E-state index contributed by atoms with van der Waals surface area (Å²) in [6, 6.07) is 78.1. The number of nitrogens with zero attached hydrogens (tertiary/aromatic N) is 2. The minimum absolute atomic E-state index is 0.0910. The van der Waals surface area contributed by atoms with Gasteiger partial charge in [-0.25, -0.2) is 0 Å². The van der Waals surface area contributed by atoms with E-state index in [9.17, 15) is 0 Å². The Morgan fingerprint density at radius 1 is 0.426 bits per heavy atom. The fraction of sp³-hybridized carbons (Fsp3) is 0.0526. The second kappa shape index (κ2) is 13.7. The Morgan fingerprint density at radius 3 is 1.75 bits per heavy atom. The SMILES string of the molecule is Cc1cc(C)c(B2c3ccccc3N3c4cc(-c5ccc6c7ccccc7n(-c7ccccc7)c6c5)ccc4[Si](c4ccccc4)(c4ccccc4)c4cccc2c43)c(C)c1. The van der Waals surface area contributed by atoms with E-state index in [1.54, 1.807) is 0 Å². The lowest BCUT2D eigenvalue weighted by Crippen LogP contribution is -2.78. The lowest BCUT2D eigenvalue weighted by Gasteiger charge is -2.49. The quantitative estimate of drug-likeness (QED) is 0.158. The Hall–Kier alpha value is -7.14. The van der Waals surface area contributed by atoms with E-state index in [2.05, 4.69) is 236 Å². The summed E-state index contributed by atoms with van der Waals surface area (Å²) in [7, 11) is -2.91. The second-order valence-electron chi connectivity index (χ2n) is 17.0. The normalized spacial score (nSPS) is 13.6. The van der Waals surface area contributed by atoms with Gasteiger partial charge in [-0.3, -0.25) is 0 Å². The van der Waals surface area contributed by atoms with Gasteiger partial charge in [0.15, 0.2) is 8.07 Å². The van der Waals surface area contributed by atoms with Crippen LogP contribution in [-0.4, -0.2) is 19.4 Å². The fourth-order valence-corrected chi connectivity index (χ4v) is 16.4. The van der Waals surface area contributed by atoms with Crippen LogP contribution in [0.25, 0.3) is 38.6 Å². The van der Waals surface area contributed by atoms with Crippen LogP contribution in [-0.2, 0) is 0 Å². The zero-order valence-corrected chi connectivity index (χ0v) is 35.6. The molecule has 0 amide bonds. The molecule has 0 spiro atoms. The maximum absolute atomic E-state index is 2.91. The Morgan fingerprint density at radius 2 is 1.02 bits per heavy atom. The van der Waals surface area contributed by atoms with Crippen LogP contribution in [0.5, 0.6) is 0 Å². The molecular weight excluding hydrogens is 752 g/mol. The molecule has 0 radical (unpaired) electrons. The minimum Gasteiger partial charge on any atom is -0.312 e. The van der Waals surface area contributed by atoms with Crippen molar-refractivity contribution in [2.75, 3.05) is 4.90 Å². The van der Waals surface area contributed by atoms with Crippen LogP contribution in [0.2, 0.25) is 0 Å². The largest absolute Gasteiger partial charge is 0.312 e. The van der Waals surface area contributed by atoms with E-state index in [1.807, 2.05) is 0 Å². The van der Waals surface area contributed by atoms with Crippen LogP contribution in [0, 0.1) is 20.8 Å². The lowest BCUT2D eigenvalue weighted by molar-refractivity contribution is 1.18. The first-order valence-electron chi connectivity index (χ1n) is 21.5. The van der Waals surface area contributed by atoms with Crippen molar-refractivity contribution in [2.45, 2.75) is 20.8 Å². The Kier molecular flexibility index (Phi) is 8.04. The molecule has 0 atom stereocenters. The molecule has 0 N–H and O–H groups in total. The summed E-state index contributed by atoms with van der Waals surface area (Å²) >= 11 is 0. The minimum atomic E-state index is -2.91. The van der Waals surface area contributed by atoms with Crippen LogP contribution >= 0.6 is 0 Å². The van der Waals surface area contributed by atoms with Gasteiger partial charge in [0.1, 0.15) is 0 Å². The molecule has 0 fully saturated rings. The predicted octanol–water partition coefficient (Wildman–Crippen LogP) is 9.37. The summed E-state index contributed by atoms with van der Waals surface area (Å²) in [6.07, 6.45) is 0. The van der Waals surface area contributed by atoms with Gasteiger partial charge in [0.25, 0.3) is 0 Å². The third-order valence-electron chi connectivity index (χ3n) is 13.6. The third kappa shape index (κ3) is 5.16. The second-order valence-corrected chi connectivity index (χ2v) is 20.7. The topological polar surface area (TPSA) is 8.17 Å². The number of para-hydroxylation sites is 4. The molecule has 2 nitrogen and oxygen atoms in total. The molecule has 0 saturated heterocycles. The Labute approximate surface area is 359 Å². The highest BCUT2D eigenvalue weighted by Gasteiger charge is 2.52. The molecule has 0 unspecified atom stereocenters. The summed E-state index contributed by atoms with van der Waals surface area (Å²) in [4.78, 5) is 2.64. The van der Waals surface area contributed by atoms with Crippen LogP contribution in [0.4, 0.5) is 17.1 Å². The molecule has 1 aromatic heterocycles. The average molecular weight is 795 g/mol. The van der Waals surface area contributed by atoms with Gasteiger partial charge in [-0.15, -0.1) is 0 Å². The molecule has 288 valence electrons. The van der Waals surface area contributed by atoms with Crippen LogP contribution in [0.15, 0.2) is 206 Å². The first kappa shape index (κ1) is 35.8. The number of rotatable bonds is 5. The van der Waals surface area contributed by atoms with Crippen LogP contribution in [0.3, 0.4) is 0 Å². The van der Waals surface area contributed by atoms with E-state index in [0.717, 1.165) is 0 Å². The maximum atomic E-state index is 2.64. The van der Waals surface area contributed by atoms with Gasteiger partial charge in [-0.2, -0.15) is 0 Å². The summed E-state index contributed by atoms with van der Waals surface area (Å²) in [5.74, 6) is 0. The summed E-state index contributed by atoms with van der Waals surface area (Å²) in [5, 5.41) is 8.18. The summed E-state index contributed by atoms with van der Waals surface area (Å²) in [5.41, 5.74) is 18.0. The van der Waals surface area contributed by atoms with Gasteiger partial charge in [-0.05, 0) is 100.0 Å². The molecular formula is C57H43BN2Si. The zero-order chi connectivity index (χ0) is 40.8. The number of hydrogen-bond donors (Lipinski definition) is 0. The van der Waals surface area contributed by atoms with Gasteiger partial charge in [0.05, 0.1) is 11.0 Å². The van der Waals surface area contributed by atoms with Gasteiger partial charge < -0.3 is 9.47 Å². The van der Waals surface area contributed by atoms with E-state index in [-0.39, 0.29) is 6.71 Å². The summed E-state index contributed by atoms with van der Waals surface area (Å²) < 4.78 is 2.42. The van der Waals surface area contributed by atoms with Crippen molar-refractivity contribution in [3.8, 4) is 16.8 Å². The van der Waals surface area contributed by atoms with Gasteiger partial charge in [0.2, 0.25) is 6.71 Å². The number of aromatic nitrogens is 1. The number of fused-ring (bicyclic) bond motifs is 7. The fourth-order valence-electron chi connectivity index (χ4n) is 11.3. The average Bonchev–Trinajstić information content (AvgIpc) is 3.64. The van der Waals surface area contributed by atoms with Gasteiger partial charge >= 0.3 is 0 Å². The molecule has 12 rings (SSSR count). The first-order chi connectivity index (χ1) is 30.0. The molecule has 9 aromatic carbocycles.